The second-order valence-corrected chi connectivity index (χ2v) is 13.3. The Hall–Kier alpha value is -4.58. The highest BCUT2D eigenvalue weighted by molar-refractivity contribution is 7.26. The Morgan fingerprint density at radius 2 is 0.930 bits per heavy atom. The predicted octanol–water partition coefficient (Wildman–Crippen LogP) is 9.81. The lowest BCUT2D eigenvalue weighted by Gasteiger charge is -2.17. The number of rotatable bonds is 4. The molecule has 0 N–H and O–H groups in total. The maximum absolute atomic E-state index is 7.09. The van der Waals surface area contributed by atoms with Gasteiger partial charge in [-0.2, -0.15) is 0 Å². The van der Waals surface area contributed by atoms with Crippen molar-refractivity contribution in [3.8, 4) is 34.0 Å². The summed E-state index contributed by atoms with van der Waals surface area (Å²) in [5, 5.41) is 4.99. The Labute approximate surface area is 258 Å². The van der Waals surface area contributed by atoms with Crippen LogP contribution in [-0.2, 0) is 14.1 Å². The van der Waals surface area contributed by atoms with Gasteiger partial charge in [0.1, 0.15) is 25.6 Å². The number of aryl methyl sites for hydroxylation is 2. The molecule has 43 heavy (non-hydrogen) atoms. The third-order valence-electron chi connectivity index (χ3n) is 8.60. The Morgan fingerprint density at radius 1 is 0.512 bits per heavy atom. The van der Waals surface area contributed by atoms with Crippen LogP contribution in [0, 0.1) is 13.8 Å². The molecule has 208 valence electrons. The van der Waals surface area contributed by atoms with Gasteiger partial charge in [-0.15, -0.1) is 22.7 Å². The van der Waals surface area contributed by atoms with Crippen LogP contribution in [-0.4, -0.2) is 0 Å². The van der Waals surface area contributed by atoms with Crippen LogP contribution in [0.1, 0.15) is 11.1 Å². The molecule has 4 aromatic heterocycles. The monoisotopic (exact) mass is 594 g/mol. The number of benzene rings is 4. The summed E-state index contributed by atoms with van der Waals surface area (Å²) in [5.41, 5.74) is 7.09. The second-order valence-electron chi connectivity index (χ2n) is 11.2. The first-order valence-corrected chi connectivity index (χ1v) is 16.1. The fraction of sp³-hybridized carbons (Fsp3) is 0.105. The summed E-state index contributed by atoms with van der Waals surface area (Å²) in [5.74, 6) is 1.78. The van der Waals surface area contributed by atoms with Crippen LogP contribution in [0.3, 0.4) is 0 Å². The van der Waals surface area contributed by atoms with Gasteiger partial charge in [0.2, 0.25) is 11.4 Å². The largest absolute Gasteiger partial charge is 0.457 e. The van der Waals surface area contributed by atoms with Gasteiger partial charge in [0.05, 0.1) is 11.1 Å². The van der Waals surface area contributed by atoms with Crippen molar-refractivity contribution < 1.29 is 13.9 Å². The highest BCUT2D eigenvalue weighted by atomic mass is 32.1. The average Bonchev–Trinajstić information content (AvgIpc) is 3.57. The Bertz CT molecular complexity index is 2210. The van der Waals surface area contributed by atoms with E-state index in [1.165, 1.54) is 62.9 Å². The zero-order valence-electron chi connectivity index (χ0n) is 24.5. The topological polar surface area (TPSA) is 17.0 Å². The summed E-state index contributed by atoms with van der Waals surface area (Å²) < 4.78 is 16.7. The first-order valence-electron chi connectivity index (χ1n) is 14.5. The van der Waals surface area contributed by atoms with Crippen LogP contribution in [0.25, 0.3) is 62.9 Å². The third kappa shape index (κ3) is 4.07. The molecule has 0 aliphatic carbocycles. The van der Waals surface area contributed by atoms with Gasteiger partial charge in [0, 0.05) is 75.7 Å². The highest BCUT2D eigenvalue weighted by Crippen LogP contribution is 2.48. The number of ether oxygens (including phenoxy) is 1. The number of aromatic nitrogens is 2. The van der Waals surface area contributed by atoms with Gasteiger partial charge in [-0.3, -0.25) is 0 Å². The quantitative estimate of drug-likeness (QED) is 0.185. The molecule has 0 saturated carbocycles. The van der Waals surface area contributed by atoms with E-state index in [0.717, 1.165) is 22.6 Å². The normalized spacial score (nSPS) is 11.7. The molecule has 0 saturated heterocycles. The smallest absolute Gasteiger partial charge is 0.214 e. The van der Waals surface area contributed by atoms with E-state index in [4.69, 9.17) is 4.74 Å². The average molecular weight is 595 g/mol. The molecule has 0 aliphatic heterocycles. The Kier molecular flexibility index (Phi) is 6.07. The highest BCUT2D eigenvalue weighted by Gasteiger charge is 2.25. The first kappa shape index (κ1) is 26.1. The minimum absolute atomic E-state index is 0.889. The lowest BCUT2D eigenvalue weighted by molar-refractivity contribution is -0.660. The van der Waals surface area contributed by atoms with E-state index in [9.17, 15) is 0 Å². The molecular weight excluding hydrogens is 565 g/mol. The van der Waals surface area contributed by atoms with Crippen LogP contribution >= 0.6 is 22.7 Å². The SMILES string of the molecule is Cc1c(Oc2cc3c(sc4ccccc43)c(-c3cccc[n+]3C)c2C)cc2c(sc3ccccc32)c1-c1cccc[n+]1C. The van der Waals surface area contributed by atoms with Crippen LogP contribution in [0.2, 0.25) is 0 Å². The Balaban J connectivity index is 1.43. The molecule has 4 heterocycles. The summed E-state index contributed by atoms with van der Waals surface area (Å²) in [6.45, 7) is 4.40. The molecule has 0 spiro atoms. The number of pyridine rings is 2. The summed E-state index contributed by atoms with van der Waals surface area (Å²) in [7, 11) is 4.24. The maximum atomic E-state index is 7.09. The second kappa shape index (κ2) is 10.0. The number of hydrogen-bond donors (Lipinski definition) is 0. The standard InChI is InChI=1S/C38H30N2OS2/c1-23-31(21-27-25-13-5-7-17-33(25)42-37(27)35(23)29-15-9-11-19-39(29)3)41-32-22-28-26-14-6-8-18-34(26)43-38(28)36(24(32)2)30-16-10-12-20-40(30)4/h5-22H,1-4H3/q+2. The van der Waals surface area contributed by atoms with Crippen molar-refractivity contribution in [2.45, 2.75) is 13.8 Å². The van der Waals surface area contributed by atoms with Crippen molar-refractivity contribution in [2.75, 3.05) is 0 Å². The molecule has 0 fully saturated rings. The minimum atomic E-state index is 0.889. The molecule has 0 bridgehead atoms. The molecule has 3 nitrogen and oxygen atoms in total. The van der Waals surface area contributed by atoms with E-state index in [1.807, 2.05) is 22.7 Å². The summed E-state index contributed by atoms with van der Waals surface area (Å²) in [4.78, 5) is 0. The summed E-state index contributed by atoms with van der Waals surface area (Å²) in [6, 6.07) is 34.7. The van der Waals surface area contributed by atoms with Crippen LogP contribution in [0.5, 0.6) is 11.5 Å². The van der Waals surface area contributed by atoms with Crippen molar-refractivity contribution in [1.82, 2.24) is 0 Å². The third-order valence-corrected chi connectivity index (χ3v) is 11.0. The zero-order valence-corrected chi connectivity index (χ0v) is 26.1. The summed E-state index contributed by atoms with van der Waals surface area (Å²) in [6.07, 6.45) is 4.24. The fourth-order valence-electron chi connectivity index (χ4n) is 6.37. The van der Waals surface area contributed by atoms with Crippen molar-refractivity contribution in [2.24, 2.45) is 14.1 Å². The van der Waals surface area contributed by atoms with Crippen molar-refractivity contribution >= 4 is 63.0 Å². The predicted molar refractivity (Wildman–Crippen MR) is 181 cm³/mol. The number of hydrogen-bond acceptors (Lipinski definition) is 3. The number of nitrogens with zero attached hydrogens (tertiary/aromatic N) is 2. The van der Waals surface area contributed by atoms with E-state index < -0.39 is 0 Å². The fourth-order valence-corrected chi connectivity index (χ4v) is 8.95. The van der Waals surface area contributed by atoms with E-state index in [-0.39, 0.29) is 0 Å². The van der Waals surface area contributed by atoms with Gasteiger partial charge in [-0.05, 0) is 50.2 Å². The molecule has 4 aromatic carbocycles. The van der Waals surface area contributed by atoms with Crippen molar-refractivity contribution in [3.63, 3.8) is 0 Å². The van der Waals surface area contributed by atoms with Gasteiger partial charge < -0.3 is 4.74 Å². The van der Waals surface area contributed by atoms with Gasteiger partial charge in [0.15, 0.2) is 12.4 Å². The number of thiophene rings is 2. The van der Waals surface area contributed by atoms with Crippen molar-refractivity contribution in [1.29, 1.82) is 0 Å². The van der Waals surface area contributed by atoms with E-state index in [2.05, 4.69) is 147 Å². The molecule has 8 aromatic rings. The molecule has 0 aliphatic rings. The molecular formula is C38H30N2OS2+2. The van der Waals surface area contributed by atoms with Gasteiger partial charge >= 0.3 is 0 Å². The zero-order chi connectivity index (χ0) is 29.2. The van der Waals surface area contributed by atoms with Gasteiger partial charge in [-0.25, -0.2) is 9.13 Å². The molecule has 0 amide bonds. The molecule has 5 heteroatoms. The van der Waals surface area contributed by atoms with E-state index in [0.29, 0.717) is 0 Å². The molecule has 8 rings (SSSR count). The first-order chi connectivity index (χ1) is 21.0. The minimum Gasteiger partial charge on any atom is -0.457 e. The molecule has 0 radical (unpaired) electrons. The van der Waals surface area contributed by atoms with Crippen LogP contribution in [0.15, 0.2) is 109 Å². The summed E-state index contributed by atoms with van der Waals surface area (Å²) >= 11 is 3.72. The molecule has 0 atom stereocenters. The Morgan fingerprint density at radius 3 is 1.37 bits per heavy atom. The van der Waals surface area contributed by atoms with Gasteiger partial charge in [0.25, 0.3) is 0 Å². The van der Waals surface area contributed by atoms with Crippen LogP contribution in [0.4, 0.5) is 0 Å². The van der Waals surface area contributed by atoms with E-state index in [1.54, 1.807) is 0 Å². The van der Waals surface area contributed by atoms with Crippen molar-refractivity contribution in [3.05, 3.63) is 121 Å². The van der Waals surface area contributed by atoms with E-state index >= 15 is 0 Å². The van der Waals surface area contributed by atoms with Crippen LogP contribution < -0.4 is 13.9 Å². The van der Waals surface area contributed by atoms with Gasteiger partial charge in [-0.1, -0.05) is 36.4 Å². The lowest BCUT2D eigenvalue weighted by Crippen LogP contribution is -2.30. The lowest BCUT2D eigenvalue weighted by atomic mass is 9.98. The maximum Gasteiger partial charge on any atom is 0.214 e. The number of fused-ring (bicyclic) bond motifs is 6. The molecule has 0 unspecified atom stereocenters.